The average molecular weight is 232 g/mol. The molecule has 0 aliphatic heterocycles. The number of imidazole rings is 1. The van der Waals surface area contributed by atoms with Crippen LogP contribution in [0.2, 0.25) is 0 Å². The highest BCUT2D eigenvalue weighted by atomic mass is 16.1. The zero-order valence-corrected chi connectivity index (χ0v) is 9.08. The SMILES string of the molecule is NCCc1nccn1-c1ccc(C(N)=O)nn1. The van der Waals surface area contributed by atoms with Gasteiger partial charge in [-0.25, -0.2) is 4.98 Å². The van der Waals surface area contributed by atoms with Gasteiger partial charge in [0.15, 0.2) is 11.5 Å². The van der Waals surface area contributed by atoms with Gasteiger partial charge in [-0.15, -0.1) is 10.2 Å². The second kappa shape index (κ2) is 4.71. The van der Waals surface area contributed by atoms with Gasteiger partial charge in [-0.3, -0.25) is 9.36 Å². The standard InChI is InChI=1S/C10H12N6O/c11-4-3-8-13-5-6-16(8)9-2-1-7(10(12)17)14-15-9/h1-2,5-6H,3-4,11H2,(H2,12,17). The van der Waals surface area contributed by atoms with Gasteiger partial charge in [0.05, 0.1) is 0 Å². The predicted octanol–water partition coefficient (Wildman–Crippen LogP) is -0.738. The Labute approximate surface area is 97.5 Å². The van der Waals surface area contributed by atoms with E-state index in [4.69, 9.17) is 11.5 Å². The van der Waals surface area contributed by atoms with Gasteiger partial charge >= 0.3 is 0 Å². The van der Waals surface area contributed by atoms with Crippen LogP contribution in [0, 0.1) is 0 Å². The number of amides is 1. The van der Waals surface area contributed by atoms with Gasteiger partial charge in [0.1, 0.15) is 5.82 Å². The van der Waals surface area contributed by atoms with Crippen molar-refractivity contribution in [3.05, 3.63) is 36.0 Å². The van der Waals surface area contributed by atoms with Gasteiger partial charge in [-0.2, -0.15) is 0 Å². The van der Waals surface area contributed by atoms with E-state index in [1.807, 2.05) is 0 Å². The Bertz CT molecular complexity index is 518. The van der Waals surface area contributed by atoms with Crippen molar-refractivity contribution in [3.8, 4) is 5.82 Å². The summed E-state index contributed by atoms with van der Waals surface area (Å²) >= 11 is 0. The Balaban J connectivity index is 2.33. The first kappa shape index (κ1) is 11.2. The van der Waals surface area contributed by atoms with Gasteiger partial charge in [0.25, 0.3) is 5.91 Å². The average Bonchev–Trinajstić information content (AvgIpc) is 2.78. The van der Waals surface area contributed by atoms with Gasteiger partial charge in [0.2, 0.25) is 0 Å². The van der Waals surface area contributed by atoms with Crippen LogP contribution in [0.15, 0.2) is 24.5 Å². The molecule has 0 fully saturated rings. The minimum absolute atomic E-state index is 0.134. The third-order valence-electron chi connectivity index (χ3n) is 2.24. The van der Waals surface area contributed by atoms with Gasteiger partial charge in [-0.1, -0.05) is 0 Å². The van der Waals surface area contributed by atoms with Crippen LogP contribution in [-0.2, 0) is 6.42 Å². The van der Waals surface area contributed by atoms with Crippen molar-refractivity contribution in [3.63, 3.8) is 0 Å². The molecule has 0 unspecified atom stereocenters. The van der Waals surface area contributed by atoms with Gasteiger partial charge < -0.3 is 11.5 Å². The van der Waals surface area contributed by atoms with Crippen LogP contribution in [0.5, 0.6) is 0 Å². The Kier molecular flexibility index (Phi) is 3.10. The van der Waals surface area contributed by atoms with Crippen molar-refractivity contribution < 1.29 is 4.79 Å². The lowest BCUT2D eigenvalue weighted by molar-refractivity contribution is 0.0994. The fourth-order valence-electron chi connectivity index (χ4n) is 1.44. The zero-order valence-electron chi connectivity index (χ0n) is 9.08. The van der Waals surface area contributed by atoms with Crippen molar-refractivity contribution >= 4 is 5.91 Å². The number of aromatic nitrogens is 4. The number of carbonyl (C=O) groups excluding carboxylic acids is 1. The molecule has 0 bridgehead atoms. The Morgan fingerprint density at radius 1 is 1.35 bits per heavy atom. The predicted molar refractivity (Wildman–Crippen MR) is 60.4 cm³/mol. The summed E-state index contributed by atoms with van der Waals surface area (Å²) < 4.78 is 1.77. The van der Waals surface area contributed by atoms with Crippen molar-refractivity contribution in [2.45, 2.75) is 6.42 Å². The summed E-state index contributed by atoms with van der Waals surface area (Å²) in [6.45, 7) is 0.504. The molecule has 0 radical (unpaired) electrons. The summed E-state index contributed by atoms with van der Waals surface area (Å²) in [5, 5.41) is 7.65. The van der Waals surface area contributed by atoms with Crippen LogP contribution >= 0.6 is 0 Å². The van der Waals surface area contributed by atoms with E-state index in [-0.39, 0.29) is 5.69 Å². The molecule has 0 aliphatic carbocycles. The molecule has 1 amide bonds. The molecular weight excluding hydrogens is 220 g/mol. The molecule has 0 aliphatic rings. The van der Waals surface area contributed by atoms with E-state index in [2.05, 4.69) is 15.2 Å². The number of carbonyl (C=O) groups is 1. The van der Waals surface area contributed by atoms with E-state index < -0.39 is 5.91 Å². The highest BCUT2D eigenvalue weighted by molar-refractivity contribution is 5.90. The molecule has 0 saturated carbocycles. The lowest BCUT2D eigenvalue weighted by Gasteiger charge is -2.05. The summed E-state index contributed by atoms with van der Waals surface area (Å²) in [7, 11) is 0. The lowest BCUT2D eigenvalue weighted by Crippen LogP contribution is -2.15. The largest absolute Gasteiger partial charge is 0.364 e. The van der Waals surface area contributed by atoms with Crippen LogP contribution < -0.4 is 11.5 Å². The Morgan fingerprint density at radius 2 is 2.18 bits per heavy atom. The van der Waals surface area contributed by atoms with E-state index >= 15 is 0 Å². The van der Waals surface area contributed by atoms with Crippen LogP contribution in [0.4, 0.5) is 0 Å². The van der Waals surface area contributed by atoms with E-state index in [0.717, 1.165) is 5.82 Å². The molecule has 0 aromatic carbocycles. The summed E-state index contributed by atoms with van der Waals surface area (Å²) in [4.78, 5) is 15.0. The van der Waals surface area contributed by atoms with Crippen molar-refractivity contribution in [2.24, 2.45) is 11.5 Å². The van der Waals surface area contributed by atoms with Crippen molar-refractivity contribution in [2.75, 3.05) is 6.54 Å². The smallest absolute Gasteiger partial charge is 0.269 e. The number of nitrogens with two attached hydrogens (primary N) is 2. The first-order chi connectivity index (χ1) is 8.22. The molecule has 0 spiro atoms. The summed E-state index contributed by atoms with van der Waals surface area (Å²) in [6.07, 6.45) is 4.07. The molecule has 4 N–H and O–H groups in total. The van der Waals surface area contributed by atoms with Crippen molar-refractivity contribution in [1.29, 1.82) is 0 Å². The lowest BCUT2D eigenvalue weighted by atomic mass is 10.3. The van der Waals surface area contributed by atoms with Crippen LogP contribution in [0.3, 0.4) is 0 Å². The third-order valence-corrected chi connectivity index (χ3v) is 2.24. The summed E-state index contributed by atoms with van der Waals surface area (Å²) in [6, 6.07) is 3.19. The fourth-order valence-corrected chi connectivity index (χ4v) is 1.44. The highest BCUT2D eigenvalue weighted by Gasteiger charge is 2.07. The monoisotopic (exact) mass is 232 g/mol. The maximum Gasteiger partial charge on any atom is 0.269 e. The highest BCUT2D eigenvalue weighted by Crippen LogP contribution is 2.07. The molecule has 17 heavy (non-hydrogen) atoms. The second-order valence-electron chi connectivity index (χ2n) is 3.39. The van der Waals surface area contributed by atoms with Gasteiger partial charge in [-0.05, 0) is 18.7 Å². The fraction of sp³-hybridized carbons (Fsp3) is 0.200. The quantitative estimate of drug-likeness (QED) is 0.721. The maximum atomic E-state index is 10.9. The molecule has 7 nitrogen and oxygen atoms in total. The Morgan fingerprint density at radius 3 is 2.76 bits per heavy atom. The van der Waals surface area contributed by atoms with E-state index in [9.17, 15) is 4.79 Å². The maximum absolute atomic E-state index is 10.9. The molecule has 2 aromatic rings. The molecule has 7 heteroatoms. The molecular formula is C10H12N6O. The minimum atomic E-state index is -0.600. The number of hydrogen-bond acceptors (Lipinski definition) is 5. The second-order valence-corrected chi connectivity index (χ2v) is 3.39. The molecule has 2 heterocycles. The number of rotatable bonds is 4. The molecule has 2 aromatic heterocycles. The van der Waals surface area contributed by atoms with Gasteiger partial charge in [0, 0.05) is 18.8 Å². The molecule has 88 valence electrons. The first-order valence-electron chi connectivity index (χ1n) is 5.08. The topological polar surface area (TPSA) is 113 Å². The Hall–Kier alpha value is -2.28. The normalized spacial score (nSPS) is 10.4. The molecule has 0 atom stereocenters. The summed E-state index contributed by atoms with van der Waals surface area (Å²) in [5.74, 6) is 0.779. The van der Waals surface area contributed by atoms with E-state index in [1.54, 1.807) is 23.0 Å². The number of primary amides is 1. The summed E-state index contributed by atoms with van der Waals surface area (Å²) in [5.41, 5.74) is 10.7. The van der Waals surface area contributed by atoms with Crippen LogP contribution in [0.1, 0.15) is 16.3 Å². The zero-order chi connectivity index (χ0) is 12.3. The number of nitrogens with zero attached hydrogens (tertiary/aromatic N) is 4. The first-order valence-corrected chi connectivity index (χ1v) is 5.08. The minimum Gasteiger partial charge on any atom is -0.364 e. The molecule has 0 saturated heterocycles. The van der Waals surface area contributed by atoms with Crippen LogP contribution in [-0.4, -0.2) is 32.2 Å². The van der Waals surface area contributed by atoms with Crippen LogP contribution in [0.25, 0.3) is 5.82 Å². The van der Waals surface area contributed by atoms with E-state index in [1.165, 1.54) is 6.07 Å². The van der Waals surface area contributed by atoms with Crippen molar-refractivity contribution in [1.82, 2.24) is 19.7 Å². The van der Waals surface area contributed by atoms with E-state index in [0.29, 0.717) is 18.8 Å². The number of hydrogen-bond donors (Lipinski definition) is 2. The third kappa shape index (κ3) is 2.28. The molecule has 2 rings (SSSR count).